The molecule has 0 unspecified atom stereocenters. The first-order valence-electron chi connectivity index (χ1n) is 3.91. The average molecular weight is 175 g/mol. The average Bonchev–Trinajstić information content (AvgIpc) is 2.52. The van der Waals surface area contributed by atoms with Crippen LogP contribution in [0.5, 0.6) is 0 Å². The highest BCUT2D eigenvalue weighted by molar-refractivity contribution is 5.71. The minimum Gasteiger partial charge on any atom is -0.394 e. The van der Waals surface area contributed by atoms with Gasteiger partial charge >= 0.3 is 0 Å². The highest BCUT2D eigenvalue weighted by atomic mass is 16.5. The molecule has 0 amide bonds. The van der Waals surface area contributed by atoms with E-state index in [1.807, 2.05) is 19.1 Å². The lowest BCUT2D eigenvalue weighted by Crippen LogP contribution is -1.89. The van der Waals surface area contributed by atoms with Crippen molar-refractivity contribution in [3.05, 3.63) is 30.2 Å². The normalized spacial score (nSPS) is 10.2. The Morgan fingerprint density at radius 2 is 2.31 bits per heavy atom. The van der Waals surface area contributed by atoms with E-state index >= 15 is 0 Å². The van der Waals surface area contributed by atoms with Crippen LogP contribution < -0.4 is 5.73 Å². The van der Waals surface area contributed by atoms with Crippen LogP contribution in [-0.2, 0) is 0 Å². The summed E-state index contributed by atoms with van der Waals surface area (Å²) in [5.41, 5.74) is 7.96. The Kier molecular flexibility index (Phi) is 1.73. The maximum absolute atomic E-state index is 5.66. The molecule has 2 rings (SSSR count). The molecule has 0 aliphatic heterocycles. The third-order valence-corrected chi connectivity index (χ3v) is 1.85. The summed E-state index contributed by atoms with van der Waals surface area (Å²) in [5, 5.41) is 3.61. The molecule has 66 valence electrons. The zero-order chi connectivity index (χ0) is 9.26. The Bertz CT molecular complexity index is 422. The van der Waals surface area contributed by atoms with Gasteiger partial charge in [-0.3, -0.25) is 4.98 Å². The number of pyridine rings is 1. The maximum atomic E-state index is 5.66. The minimum atomic E-state index is 0.538. The fourth-order valence-corrected chi connectivity index (χ4v) is 1.18. The Balaban J connectivity index is 2.59. The molecule has 2 aromatic heterocycles. The molecule has 2 N–H and O–H groups in total. The molecule has 0 saturated carbocycles. The van der Waals surface area contributed by atoms with Crippen molar-refractivity contribution in [3.63, 3.8) is 0 Å². The van der Waals surface area contributed by atoms with Gasteiger partial charge in [-0.2, -0.15) is 0 Å². The smallest absolute Gasteiger partial charge is 0.191 e. The SMILES string of the molecule is Cc1ncccc1-c1oncc1N. The van der Waals surface area contributed by atoms with E-state index in [-0.39, 0.29) is 0 Å². The van der Waals surface area contributed by atoms with Crippen LogP contribution in [0.15, 0.2) is 29.0 Å². The number of rotatable bonds is 1. The molecule has 0 aliphatic carbocycles. The molecule has 2 heterocycles. The van der Waals surface area contributed by atoms with Crippen LogP contribution in [0, 0.1) is 6.92 Å². The van der Waals surface area contributed by atoms with Gasteiger partial charge in [-0.15, -0.1) is 0 Å². The summed E-state index contributed by atoms with van der Waals surface area (Å²) in [6, 6.07) is 3.74. The second-order valence-electron chi connectivity index (χ2n) is 2.75. The van der Waals surface area contributed by atoms with Crippen molar-refractivity contribution in [2.75, 3.05) is 5.73 Å². The first-order valence-corrected chi connectivity index (χ1v) is 3.91. The maximum Gasteiger partial charge on any atom is 0.191 e. The molecule has 4 heteroatoms. The van der Waals surface area contributed by atoms with Crippen molar-refractivity contribution in [2.24, 2.45) is 0 Å². The summed E-state index contributed by atoms with van der Waals surface area (Å²) < 4.78 is 5.02. The van der Waals surface area contributed by atoms with Crippen LogP contribution in [-0.4, -0.2) is 10.1 Å². The van der Waals surface area contributed by atoms with Gasteiger partial charge in [-0.25, -0.2) is 0 Å². The van der Waals surface area contributed by atoms with Crippen molar-refractivity contribution in [3.8, 4) is 11.3 Å². The lowest BCUT2D eigenvalue weighted by molar-refractivity contribution is 0.432. The second kappa shape index (κ2) is 2.90. The van der Waals surface area contributed by atoms with Crippen molar-refractivity contribution in [2.45, 2.75) is 6.92 Å². The van der Waals surface area contributed by atoms with Crippen LogP contribution in [0.2, 0.25) is 0 Å². The van der Waals surface area contributed by atoms with E-state index in [2.05, 4.69) is 10.1 Å². The molecular weight excluding hydrogens is 166 g/mol. The first-order chi connectivity index (χ1) is 6.29. The molecule has 0 spiro atoms. The molecule has 0 fully saturated rings. The van der Waals surface area contributed by atoms with Gasteiger partial charge in [0.15, 0.2) is 5.76 Å². The van der Waals surface area contributed by atoms with Crippen molar-refractivity contribution < 1.29 is 4.52 Å². The number of hydrogen-bond acceptors (Lipinski definition) is 4. The van der Waals surface area contributed by atoms with Crippen molar-refractivity contribution in [1.82, 2.24) is 10.1 Å². The fourth-order valence-electron chi connectivity index (χ4n) is 1.18. The molecule has 0 radical (unpaired) electrons. The molecule has 0 aliphatic rings. The number of anilines is 1. The van der Waals surface area contributed by atoms with E-state index in [4.69, 9.17) is 10.3 Å². The Morgan fingerprint density at radius 3 is 2.92 bits per heavy atom. The topological polar surface area (TPSA) is 64.9 Å². The standard InChI is InChI=1S/C9H9N3O/c1-6-7(3-2-4-11-6)9-8(10)5-12-13-9/h2-5H,10H2,1H3. The molecule has 0 saturated heterocycles. The summed E-state index contributed by atoms with van der Waals surface area (Å²) in [4.78, 5) is 4.13. The van der Waals surface area contributed by atoms with Crippen LogP contribution in [0.3, 0.4) is 0 Å². The van der Waals surface area contributed by atoms with E-state index in [0.29, 0.717) is 11.4 Å². The van der Waals surface area contributed by atoms with Crippen LogP contribution in [0.1, 0.15) is 5.69 Å². The zero-order valence-electron chi connectivity index (χ0n) is 7.19. The lowest BCUT2D eigenvalue weighted by atomic mass is 10.1. The van der Waals surface area contributed by atoms with Gasteiger partial charge in [0.05, 0.1) is 6.20 Å². The number of aryl methyl sites for hydroxylation is 1. The summed E-state index contributed by atoms with van der Waals surface area (Å²) in [6.07, 6.45) is 3.22. The fraction of sp³-hybridized carbons (Fsp3) is 0.111. The molecule has 13 heavy (non-hydrogen) atoms. The Morgan fingerprint density at radius 1 is 1.46 bits per heavy atom. The summed E-state index contributed by atoms with van der Waals surface area (Å²) >= 11 is 0. The lowest BCUT2D eigenvalue weighted by Gasteiger charge is -1.99. The predicted molar refractivity (Wildman–Crippen MR) is 48.9 cm³/mol. The van der Waals surface area contributed by atoms with Gasteiger partial charge < -0.3 is 10.3 Å². The van der Waals surface area contributed by atoms with E-state index in [1.165, 1.54) is 6.20 Å². The number of hydrogen-bond donors (Lipinski definition) is 1. The van der Waals surface area contributed by atoms with Gasteiger partial charge in [0, 0.05) is 17.5 Å². The Hall–Kier alpha value is -1.84. The largest absolute Gasteiger partial charge is 0.394 e. The van der Waals surface area contributed by atoms with Gasteiger partial charge in [0.2, 0.25) is 0 Å². The van der Waals surface area contributed by atoms with Gasteiger partial charge in [0.1, 0.15) is 5.69 Å². The van der Waals surface area contributed by atoms with Crippen LogP contribution in [0.4, 0.5) is 5.69 Å². The third-order valence-electron chi connectivity index (χ3n) is 1.85. The van der Waals surface area contributed by atoms with Gasteiger partial charge in [0.25, 0.3) is 0 Å². The molecule has 0 bridgehead atoms. The monoisotopic (exact) mass is 175 g/mol. The Labute approximate surface area is 75.4 Å². The first kappa shape index (κ1) is 7.79. The molecule has 4 nitrogen and oxygen atoms in total. The van der Waals surface area contributed by atoms with E-state index in [1.54, 1.807) is 6.20 Å². The van der Waals surface area contributed by atoms with Gasteiger partial charge in [-0.05, 0) is 19.1 Å². The highest BCUT2D eigenvalue weighted by Crippen LogP contribution is 2.26. The van der Waals surface area contributed by atoms with Gasteiger partial charge in [-0.1, -0.05) is 5.16 Å². The molecule has 0 atom stereocenters. The highest BCUT2D eigenvalue weighted by Gasteiger charge is 2.09. The van der Waals surface area contributed by atoms with Crippen LogP contribution >= 0.6 is 0 Å². The number of nitrogens with zero attached hydrogens (tertiary/aromatic N) is 2. The number of nitrogens with two attached hydrogens (primary N) is 1. The zero-order valence-corrected chi connectivity index (χ0v) is 7.19. The molecular formula is C9H9N3O. The van der Waals surface area contributed by atoms with E-state index < -0.39 is 0 Å². The van der Waals surface area contributed by atoms with E-state index in [9.17, 15) is 0 Å². The van der Waals surface area contributed by atoms with Crippen molar-refractivity contribution in [1.29, 1.82) is 0 Å². The van der Waals surface area contributed by atoms with Crippen LogP contribution in [0.25, 0.3) is 11.3 Å². The summed E-state index contributed by atoms with van der Waals surface area (Å²) in [5.74, 6) is 0.589. The molecule has 2 aromatic rings. The molecule has 0 aromatic carbocycles. The summed E-state index contributed by atoms with van der Waals surface area (Å²) in [7, 11) is 0. The number of aromatic nitrogens is 2. The summed E-state index contributed by atoms with van der Waals surface area (Å²) in [6.45, 7) is 1.90. The quantitative estimate of drug-likeness (QED) is 0.715. The minimum absolute atomic E-state index is 0.538. The second-order valence-corrected chi connectivity index (χ2v) is 2.75. The number of nitrogen functional groups attached to an aromatic ring is 1. The predicted octanol–water partition coefficient (Wildman–Crippen LogP) is 1.63. The van der Waals surface area contributed by atoms with E-state index in [0.717, 1.165) is 11.3 Å². The van der Waals surface area contributed by atoms with Crippen molar-refractivity contribution >= 4 is 5.69 Å². The third kappa shape index (κ3) is 1.26.